The van der Waals surface area contributed by atoms with Crippen molar-refractivity contribution in [3.8, 4) is 0 Å². The van der Waals surface area contributed by atoms with E-state index in [1.54, 1.807) is 36.4 Å². The molecule has 1 unspecified atom stereocenters. The van der Waals surface area contributed by atoms with Gasteiger partial charge in [0.15, 0.2) is 0 Å². The van der Waals surface area contributed by atoms with Crippen molar-refractivity contribution in [2.24, 2.45) is 0 Å². The van der Waals surface area contributed by atoms with Crippen LogP contribution >= 0.6 is 0 Å². The number of anilines is 1. The van der Waals surface area contributed by atoms with Crippen LogP contribution in [0.4, 0.5) is 5.69 Å². The number of nitrogen functional groups attached to an aromatic ring is 1. The molecule has 0 aliphatic heterocycles. The van der Waals surface area contributed by atoms with Gasteiger partial charge < -0.3 is 35.6 Å². The summed E-state index contributed by atoms with van der Waals surface area (Å²) in [6.45, 7) is 3.21. The molecule has 3 rings (SSSR count). The van der Waals surface area contributed by atoms with Gasteiger partial charge in [-0.3, -0.25) is 9.80 Å². The van der Waals surface area contributed by atoms with Crippen LogP contribution in [-0.4, -0.2) is 118 Å². The number of ether oxygens (including phenoxy) is 2. The lowest BCUT2D eigenvalue weighted by molar-refractivity contribution is 0.0245. The Morgan fingerprint density at radius 2 is 1.35 bits per heavy atom. The number of carbonyl (C=O) groups is 2. The molecular formula is C30H39N5O8. The molecule has 2 heterocycles. The molecule has 1 aromatic carbocycles. The predicted octanol–water partition coefficient (Wildman–Crippen LogP) is 1.37. The average molecular weight is 598 g/mol. The third-order valence-corrected chi connectivity index (χ3v) is 6.55. The number of benzene rings is 1. The minimum absolute atomic E-state index is 0.0303. The van der Waals surface area contributed by atoms with E-state index in [0.29, 0.717) is 76.2 Å². The SMILES string of the molecule is Nc1ccc(C(c2cccc(C(=O)O)n2)N(CCO)CCOCCOCCN(CCO)Cc2cccc(C(=O)O)n2)cc1. The summed E-state index contributed by atoms with van der Waals surface area (Å²) in [5.74, 6) is -2.22. The molecule has 1 atom stereocenters. The zero-order chi connectivity index (χ0) is 31.0. The Bertz CT molecular complexity index is 1290. The first-order valence-electron chi connectivity index (χ1n) is 13.9. The summed E-state index contributed by atoms with van der Waals surface area (Å²) in [4.78, 5) is 35.1. The number of carboxylic acid groups (broad SMARTS) is 2. The lowest BCUT2D eigenvalue weighted by atomic mass is 10.0. The number of pyridine rings is 2. The highest BCUT2D eigenvalue weighted by Crippen LogP contribution is 2.28. The van der Waals surface area contributed by atoms with Gasteiger partial charge in [-0.05, 0) is 42.0 Å². The van der Waals surface area contributed by atoms with Crippen LogP contribution in [0.25, 0.3) is 0 Å². The van der Waals surface area contributed by atoms with Crippen LogP contribution < -0.4 is 5.73 Å². The minimum Gasteiger partial charge on any atom is -0.477 e. The van der Waals surface area contributed by atoms with Crippen LogP contribution in [0.15, 0.2) is 60.7 Å². The number of rotatable bonds is 20. The molecule has 232 valence electrons. The average Bonchev–Trinajstić information content (AvgIpc) is 3.00. The monoisotopic (exact) mass is 597 g/mol. The first kappa shape index (κ1) is 33.5. The largest absolute Gasteiger partial charge is 0.477 e. The van der Waals surface area contributed by atoms with E-state index in [1.807, 2.05) is 21.9 Å². The molecule has 0 fully saturated rings. The topological polar surface area (TPSA) is 192 Å². The maximum Gasteiger partial charge on any atom is 0.354 e. The fraction of sp³-hybridized carbons (Fsp3) is 0.400. The summed E-state index contributed by atoms with van der Waals surface area (Å²) in [6, 6.07) is 16.4. The van der Waals surface area contributed by atoms with Gasteiger partial charge in [-0.25, -0.2) is 19.6 Å². The number of hydrogen-bond acceptors (Lipinski definition) is 11. The molecule has 2 aromatic heterocycles. The van der Waals surface area contributed by atoms with Crippen molar-refractivity contribution in [2.75, 3.05) is 71.6 Å². The summed E-state index contributed by atoms with van der Waals surface area (Å²) in [5, 5.41) is 37.8. The van der Waals surface area contributed by atoms with Crippen molar-refractivity contribution in [2.45, 2.75) is 12.6 Å². The van der Waals surface area contributed by atoms with Crippen LogP contribution in [0.5, 0.6) is 0 Å². The number of carboxylic acids is 2. The fourth-order valence-corrected chi connectivity index (χ4v) is 4.49. The molecule has 13 nitrogen and oxygen atoms in total. The van der Waals surface area contributed by atoms with Crippen molar-refractivity contribution in [3.05, 3.63) is 89.0 Å². The van der Waals surface area contributed by atoms with E-state index in [9.17, 15) is 24.9 Å². The zero-order valence-electron chi connectivity index (χ0n) is 23.9. The predicted molar refractivity (Wildman–Crippen MR) is 158 cm³/mol. The first-order chi connectivity index (χ1) is 20.8. The number of nitrogens with two attached hydrogens (primary N) is 1. The van der Waals surface area contributed by atoms with Crippen LogP contribution in [0.2, 0.25) is 0 Å². The van der Waals surface area contributed by atoms with Crippen molar-refractivity contribution in [1.29, 1.82) is 0 Å². The van der Waals surface area contributed by atoms with E-state index in [4.69, 9.17) is 20.3 Å². The molecule has 0 saturated heterocycles. The quantitative estimate of drug-likeness (QED) is 0.0927. The van der Waals surface area contributed by atoms with E-state index < -0.39 is 18.0 Å². The van der Waals surface area contributed by atoms with Gasteiger partial charge in [0.2, 0.25) is 0 Å². The van der Waals surface area contributed by atoms with Gasteiger partial charge >= 0.3 is 11.9 Å². The zero-order valence-corrected chi connectivity index (χ0v) is 23.9. The molecule has 3 aromatic rings. The second-order valence-corrected chi connectivity index (χ2v) is 9.63. The summed E-state index contributed by atoms with van der Waals surface area (Å²) < 4.78 is 11.5. The molecule has 0 aliphatic rings. The Labute approximate surface area is 250 Å². The Hall–Kier alpha value is -3.98. The molecule has 0 bridgehead atoms. The number of aliphatic hydroxyl groups is 2. The number of hydrogen-bond donors (Lipinski definition) is 5. The summed E-state index contributed by atoms with van der Waals surface area (Å²) in [5.41, 5.74) is 8.33. The Kier molecular flexibility index (Phi) is 13.9. The molecule has 43 heavy (non-hydrogen) atoms. The summed E-state index contributed by atoms with van der Waals surface area (Å²) in [6.07, 6.45) is 0. The maximum absolute atomic E-state index is 11.6. The molecule has 0 spiro atoms. The Balaban J connectivity index is 1.50. The molecule has 0 amide bonds. The molecule has 13 heteroatoms. The van der Waals surface area contributed by atoms with E-state index >= 15 is 0 Å². The van der Waals surface area contributed by atoms with E-state index in [-0.39, 0.29) is 24.6 Å². The number of aliphatic hydroxyl groups excluding tert-OH is 2. The highest BCUT2D eigenvalue weighted by Gasteiger charge is 2.24. The normalized spacial score (nSPS) is 12.1. The van der Waals surface area contributed by atoms with E-state index in [2.05, 4.69) is 9.97 Å². The molecule has 6 N–H and O–H groups in total. The standard InChI is InChI=1S/C30H39N5O8/c31-23-9-7-22(8-10-23)28(25-4-2-6-27(33-25)30(40)41)35(12-16-37)14-18-43-20-19-42-17-13-34(11-15-36)21-24-3-1-5-26(32-24)29(38)39/h1-10,28,36-37H,11-21,31H2,(H,38,39)(H,40,41). The van der Waals surface area contributed by atoms with Crippen LogP contribution in [-0.2, 0) is 16.0 Å². The van der Waals surface area contributed by atoms with Crippen molar-refractivity contribution >= 4 is 17.6 Å². The molecule has 0 aliphatic carbocycles. The van der Waals surface area contributed by atoms with Crippen molar-refractivity contribution in [1.82, 2.24) is 19.8 Å². The van der Waals surface area contributed by atoms with Crippen LogP contribution in [0.1, 0.15) is 44.0 Å². The molecular weight excluding hydrogens is 558 g/mol. The molecule has 0 saturated carbocycles. The highest BCUT2D eigenvalue weighted by molar-refractivity contribution is 5.85. The minimum atomic E-state index is -1.13. The Morgan fingerprint density at radius 1 is 0.744 bits per heavy atom. The maximum atomic E-state index is 11.6. The second kappa shape index (κ2) is 17.9. The lowest BCUT2D eigenvalue weighted by Crippen LogP contribution is -2.36. The van der Waals surface area contributed by atoms with Crippen LogP contribution in [0, 0.1) is 0 Å². The van der Waals surface area contributed by atoms with Gasteiger partial charge in [-0.1, -0.05) is 24.3 Å². The summed E-state index contributed by atoms with van der Waals surface area (Å²) in [7, 11) is 0. The smallest absolute Gasteiger partial charge is 0.354 e. The molecule has 0 radical (unpaired) electrons. The van der Waals surface area contributed by atoms with Gasteiger partial charge in [-0.15, -0.1) is 0 Å². The third kappa shape index (κ3) is 11.0. The number of nitrogens with zero attached hydrogens (tertiary/aromatic N) is 4. The number of aromatic nitrogens is 2. The summed E-state index contributed by atoms with van der Waals surface area (Å²) >= 11 is 0. The van der Waals surface area contributed by atoms with Crippen molar-refractivity contribution < 1.29 is 39.5 Å². The van der Waals surface area contributed by atoms with E-state index in [0.717, 1.165) is 5.56 Å². The van der Waals surface area contributed by atoms with Gasteiger partial charge in [0.1, 0.15) is 11.4 Å². The van der Waals surface area contributed by atoms with Gasteiger partial charge in [0.25, 0.3) is 0 Å². The second-order valence-electron chi connectivity index (χ2n) is 9.63. The Morgan fingerprint density at radius 3 is 1.98 bits per heavy atom. The third-order valence-electron chi connectivity index (χ3n) is 6.55. The fourth-order valence-electron chi connectivity index (χ4n) is 4.49. The van der Waals surface area contributed by atoms with E-state index in [1.165, 1.54) is 12.1 Å². The van der Waals surface area contributed by atoms with Crippen LogP contribution in [0.3, 0.4) is 0 Å². The van der Waals surface area contributed by atoms with Crippen molar-refractivity contribution in [3.63, 3.8) is 0 Å². The van der Waals surface area contributed by atoms with Gasteiger partial charge in [0, 0.05) is 38.4 Å². The highest BCUT2D eigenvalue weighted by atomic mass is 16.5. The van der Waals surface area contributed by atoms with Gasteiger partial charge in [-0.2, -0.15) is 0 Å². The lowest BCUT2D eigenvalue weighted by Gasteiger charge is -2.31. The first-order valence-corrected chi connectivity index (χ1v) is 13.9. The number of aromatic carboxylic acids is 2. The van der Waals surface area contributed by atoms with Gasteiger partial charge in [0.05, 0.1) is 57.1 Å².